The van der Waals surface area contributed by atoms with Crippen molar-refractivity contribution >= 4 is 17.5 Å². The van der Waals surface area contributed by atoms with Gasteiger partial charge in [0.2, 0.25) is 0 Å². The first-order chi connectivity index (χ1) is 7.96. The number of hydrogen-bond acceptors (Lipinski definition) is 3. The van der Waals surface area contributed by atoms with E-state index < -0.39 is 5.60 Å². The fourth-order valence-electron chi connectivity index (χ4n) is 1.55. The molecule has 0 fully saturated rings. The Morgan fingerprint density at radius 2 is 2.35 bits per heavy atom. The monoisotopic (exact) mass is 256 g/mol. The number of aliphatic hydroxyl groups is 1. The largest absolute Gasteiger partial charge is 0.388 e. The molecule has 0 saturated carbocycles. The molecule has 4 nitrogen and oxygen atoms in total. The van der Waals surface area contributed by atoms with Gasteiger partial charge in [-0.05, 0) is 19.4 Å². The SMILES string of the molecule is CCCC(C)(O)CNC(=O)c1ccncc1Cl. The van der Waals surface area contributed by atoms with Crippen LogP contribution in [0.5, 0.6) is 0 Å². The van der Waals surface area contributed by atoms with E-state index in [0.717, 1.165) is 6.42 Å². The molecule has 1 aromatic rings. The van der Waals surface area contributed by atoms with E-state index in [1.54, 1.807) is 13.0 Å². The van der Waals surface area contributed by atoms with Gasteiger partial charge < -0.3 is 10.4 Å². The molecule has 2 N–H and O–H groups in total. The normalized spacial score (nSPS) is 14.1. The number of rotatable bonds is 5. The molecule has 0 aromatic carbocycles. The van der Waals surface area contributed by atoms with E-state index in [1.165, 1.54) is 12.4 Å². The van der Waals surface area contributed by atoms with Crippen molar-refractivity contribution in [3.63, 3.8) is 0 Å². The number of pyridine rings is 1. The van der Waals surface area contributed by atoms with E-state index in [4.69, 9.17) is 11.6 Å². The minimum atomic E-state index is -0.885. The van der Waals surface area contributed by atoms with Gasteiger partial charge in [-0.15, -0.1) is 0 Å². The number of aromatic nitrogens is 1. The standard InChI is InChI=1S/C12H17ClN2O2/c1-3-5-12(2,17)8-15-11(16)9-4-6-14-7-10(9)13/h4,6-7,17H,3,5,8H2,1-2H3,(H,15,16). The van der Waals surface area contributed by atoms with Crippen molar-refractivity contribution in [3.8, 4) is 0 Å². The molecule has 5 heteroatoms. The Bertz CT molecular complexity index is 394. The maximum absolute atomic E-state index is 11.8. The number of nitrogens with zero attached hydrogens (tertiary/aromatic N) is 1. The van der Waals surface area contributed by atoms with Crippen molar-refractivity contribution in [2.75, 3.05) is 6.54 Å². The first kappa shape index (κ1) is 13.9. The smallest absolute Gasteiger partial charge is 0.253 e. The summed E-state index contributed by atoms with van der Waals surface area (Å²) < 4.78 is 0. The van der Waals surface area contributed by atoms with E-state index in [1.807, 2.05) is 6.92 Å². The Morgan fingerprint density at radius 1 is 1.65 bits per heavy atom. The van der Waals surface area contributed by atoms with Crippen LogP contribution in [0.15, 0.2) is 18.5 Å². The van der Waals surface area contributed by atoms with Crippen LogP contribution >= 0.6 is 11.6 Å². The van der Waals surface area contributed by atoms with Gasteiger partial charge in [0.05, 0.1) is 16.2 Å². The van der Waals surface area contributed by atoms with Gasteiger partial charge in [-0.2, -0.15) is 0 Å². The molecule has 1 heterocycles. The highest BCUT2D eigenvalue weighted by Crippen LogP contribution is 2.14. The molecule has 0 aliphatic carbocycles. The predicted octanol–water partition coefficient (Wildman–Crippen LogP) is 2.02. The average molecular weight is 257 g/mol. The average Bonchev–Trinajstić information content (AvgIpc) is 2.27. The van der Waals surface area contributed by atoms with Crippen LogP contribution < -0.4 is 5.32 Å². The minimum absolute atomic E-state index is 0.207. The minimum Gasteiger partial charge on any atom is -0.388 e. The van der Waals surface area contributed by atoms with Gasteiger partial charge in [0.25, 0.3) is 5.91 Å². The molecule has 1 amide bonds. The van der Waals surface area contributed by atoms with E-state index in [0.29, 0.717) is 17.0 Å². The summed E-state index contributed by atoms with van der Waals surface area (Å²) in [5.74, 6) is -0.297. The number of carbonyl (C=O) groups excluding carboxylic acids is 1. The Balaban J connectivity index is 2.59. The van der Waals surface area contributed by atoms with Gasteiger partial charge >= 0.3 is 0 Å². The van der Waals surface area contributed by atoms with Gasteiger partial charge in [0.15, 0.2) is 0 Å². The van der Waals surface area contributed by atoms with Crippen LogP contribution in [0.4, 0.5) is 0 Å². The lowest BCUT2D eigenvalue weighted by atomic mass is 10.0. The molecule has 0 spiro atoms. The number of carbonyl (C=O) groups is 1. The van der Waals surface area contributed by atoms with Crippen molar-refractivity contribution in [3.05, 3.63) is 29.0 Å². The fraction of sp³-hybridized carbons (Fsp3) is 0.500. The highest BCUT2D eigenvalue weighted by molar-refractivity contribution is 6.33. The molecule has 0 aliphatic heterocycles. The zero-order valence-electron chi connectivity index (χ0n) is 10.0. The molecule has 1 rings (SSSR count). The molecule has 1 unspecified atom stereocenters. The Hall–Kier alpha value is -1.13. The quantitative estimate of drug-likeness (QED) is 0.847. The van der Waals surface area contributed by atoms with Gasteiger partial charge in [-0.1, -0.05) is 24.9 Å². The summed E-state index contributed by atoms with van der Waals surface area (Å²) in [5.41, 5.74) is -0.516. The highest BCUT2D eigenvalue weighted by Gasteiger charge is 2.20. The zero-order valence-corrected chi connectivity index (χ0v) is 10.8. The summed E-state index contributed by atoms with van der Waals surface area (Å²) in [4.78, 5) is 15.6. The van der Waals surface area contributed by atoms with Gasteiger partial charge in [-0.3, -0.25) is 9.78 Å². The molecule has 0 bridgehead atoms. The summed E-state index contributed by atoms with van der Waals surface area (Å²) in [6.45, 7) is 3.89. The second-order valence-corrected chi connectivity index (χ2v) is 4.69. The Labute approximate surface area is 106 Å². The van der Waals surface area contributed by atoms with E-state index >= 15 is 0 Å². The van der Waals surface area contributed by atoms with Crippen LogP contribution in [0, 0.1) is 0 Å². The molecule has 1 atom stereocenters. The van der Waals surface area contributed by atoms with E-state index in [-0.39, 0.29) is 12.5 Å². The van der Waals surface area contributed by atoms with Gasteiger partial charge in [0, 0.05) is 18.9 Å². The van der Waals surface area contributed by atoms with Crippen LogP contribution in [-0.2, 0) is 0 Å². The fourth-order valence-corrected chi connectivity index (χ4v) is 1.76. The molecule has 1 aromatic heterocycles. The lowest BCUT2D eigenvalue weighted by molar-refractivity contribution is 0.0469. The Kier molecular flexibility index (Phi) is 4.90. The number of amides is 1. The second-order valence-electron chi connectivity index (χ2n) is 4.29. The van der Waals surface area contributed by atoms with E-state index in [2.05, 4.69) is 10.3 Å². The van der Waals surface area contributed by atoms with E-state index in [9.17, 15) is 9.90 Å². The first-order valence-electron chi connectivity index (χ1n) is 5.56. The molecule has 0 aliphatic rings. The summed E-state index contributed by atoms with van der Waals surface area (Å²) in [7, 11) is 0. The third kappa shape index (κ3) is 4.32. The first-order valence-corrected chi connectivity index (χ1v) is 5.94. The maximum atomic E-state index is 11.8. The number of hydrogen-bond donors (Lipinski definition) is 2. The summed E-state index contributed by atoms with van der Waals surface area (Å²) in [6, 6.07) is 1.55. The Morgan fingerprint density at radius 3 is 2.94 bits per heavy atom. The van der Waals surface area contributed by atoms with Gasteiger partial charge in [0.1, 0.15) is 0 Å². The number of halogens is 1. The highest BCUT2D eigenvalue weighted by atomic mass is 35.5. The predicted molar refractivity (Wildman–Crippen MR) is 67.1 cm³/mol. The third-order valence-electron chi connectivity index (χ3n) is 2.44. The second kappa shape index (κ2) is 5.98. The van der Waals surface area contributed by atoms with Crippen LogP contribution in [0.1, 0.15) is 37.0 Å². The molecule has 17 heavy (non-hydrogen) atoms. The van der Waals surface area contributed by atoms with Crippen LogP contribution in [0.3, 0.4) is 0 Å². The van der Waals surface area contributed by atoms with Crippen molar-refractivity contribution in [1.29, 1.82) is 0 Å². The molecular formula is C12H17ClN2O2. The lowest BCUT2D eigenvalue weighted by Crippen LogP contribution is -2.40. The van der Waals surface area contributed by atoms with Crippen LogP contribution in [0.2, 0.25) is 5.02 Å². The topological polar surface area (TPSA) is 62.2 Å². The molecule has 0 radical (unpaired) electrons. The maximum Gasteiger partial charge on any atom is 0.253 e. The zero-order chi connectivity index (χ0) is 12.9. The third-order valence-corrected chi connectivity index (χ3v) is 2.74. The summed E-state index contributed by atoms with van der Waals surface area (Å²) in [6.07, 6.45) is 4.42. The van der Waals surface area contributed by atoms with Crippen molar-refractivity contribution in [2.24, 2.45) is 0 Å². The van der Waals surface area contributed by atoms with Gasteiger partial charge in [-0.25, -0.2) is 0 Å². The molecule has 94 valence electrons. The molecule has 0 saturated heterocycles. The summed E-state index contributed by atoms with van der Waals surface area (Å²) in [5, 5.41) is 12.9. The number of nitrogens with one attached hydrogen (secondary N) is 1. The van der Waals surface area contributed by atoms with Crippen LogP contribution in [-0.4, -0.2) is 28.1 Å². The lowest BCUT2D eigenvalue weighted by Gasteiger charge is -2.22. The van der Waals surface area contributed by atoms with Crippen molar-refractivity contribution in [1.82, 2.24) is 10.3 Å². The van der Waals surface area contributed by atoms with Crippen molar-refractivity contribution in [2.45, 2.75) is 32.3 Å². The van der Waals surface area contributed by atoms with Crippen molar-refractivity contribution < 1.29 is 9.90 Å². The summed E-state index contributed by atoms with van der Waals surface area (Å²) >= 11 is 5.84. The van der Waals surface area contributed by atoms with Crippen LogP contribution in [0.25, 0.3) is 0 Å². The molecular weight excluding hydrogens is 240 g/mol.